The van der Waals surface area contributed by atoms with Crippen LogP contribution in [-0.4, -0.2) is 32.9 Å². The van der Waals surface area contributed by atoms with E-state index in [0.29, 0.717) is 23.8 Å². The molecule has 0 aliphatic carbocycles. The summed E-state index contributed by atoms with van der Waals surface area (Å²) in [5, 5.41) is 7.16. The number of hydrogen-bond donors (Lipinski definition) is 2. The zero-order chi connectivity index (χ0) is 17.8. The number of benzene rings is 1. The quantitative estimate of drug-likeness (QED) is 0.715. The van der Waals surface area contributed by atoms with E-state index in [1.54, 1.807) is 29.2 Å². The Labute approximate surface area is 144 Å². The molecule has 0 saturated carbocycles. The molecule has 3 N–H and O–H groups in total. The maximum atomic E-state index is 14.2. The summed E-state index contributed by atoms with van der Waals surface area (Å²) in [6.07, 6.45) is 5.18. The maximum absolute atomic E-state index is 14.2. The summed E-state index contributed by atoms with van der Waals surface area (Å²) in [4.78, 5) is 8.75. The number of anilines is 2. The third-order valence-corrected chi connectivity index (χ3v) is 3.51. The summed E-state index contributed by atoms with van der Waals surface area (Å²) in [6, 6.07) is 4.74. The van der Waals surface area contributed by atoms with Crippen LogP contribution in [0.15, 0.2) is 36.8 Å². The fourth-order valence-corrected chi connectivity index (χ4v) is 2.34. The number of hydrogen-bond acceptors (Lipinski definition) is 6. The summed E-state index contributed by atoms with van der Waals surface area (Å²) >= 11 is 0. The molecule has 1 aromatic carbocycles. The summed E-state index contributed by atoms with van der Waals surface area (Å²) in [5.41, 5.74) is 8.27. The molecule has 8 heteroatoms. The van der Waals surface area contributed by atoms with Gasteiger partial charge in [-0.2, -0.15) is 5.10 Å². The van der Waals surface area contributed by atoms with Crippen molar-refractivity contribution in [3.8, 4) is 17.0 Å². The predicted octanol–water partition coefficient (Wildman–Crippen LogP) is 2.41. The normalized spacial score (nSPS) is 10.7. The van der Waals surface area contributed by atoms with Crippen LogP contribution in [0.3, 0.4) is 0 Å². The Morgan fingerprint density at radius 1 is 1.32 bits per heavy atom. The summed E-state index contributed by atoms with van der Waals surface area (Å²) in [6.45, 7) is 2.47. The van der Waals surface area contributed by atoms with Crippen molar-refractivity contribution in [1.82, 2.24) is 19.7 Å². The van der Waals surface area contributed by atoms with Gasteiger partial charge in [-0.15, -0.1) is 0 Å². The Balaban J connectivity index is 1.88. The summed E-state index contributed by atoms with van der Waals surface area (Å²) in [7, 11) is 1.82. The van der Waals surface area contributed by atoms with Crippen LogP contribution in [0.25, 0.3) is 11.3 Å². The molecule has 2 aromatic heterocycles. The van der Waals surface area contributed by atoms with Crippen molar-refractivity contribution < 1.29 is 9.13 Å². The van der Waals surface area contributed by atoms with Gasteiger partial charge in [-0.25, -0.2) is 14.4 Å². The van der Waals surface area contributed by atoms with E-state index in [-0.39, 0.29) is 12.4 Å². The molecule has 0 radical (unpaired) electrons. The molecule has 0 unspecified atom stereocenters. The van der Waals surface area contributed by atoms with E-state index in [4.69, 9.17) is 10.5 Å². The van der Waals surface area contributed by atoms with Crippen molar-refractivity contribution in [2.75, 3.05) is 18.5 Å². The maximum Gasteiger partial charge on any atom is 0.227 e. The number of ether oxygens (including phenoxy) is 1. The van der Waals surface area contributed by atoms with Gasteiger partial charge < -0.3 is 15.8 Å². The largest absolute Gasteiger partial charge is 0.489 e. The Kier molecular flexibility index (Phi) is 4.90. The van der Waals surface area contributed by atoms with Gasteiger partial charge in [0, 0.05) is 31.5 Å². The Morgan fingerprint density at radius 3 is 2.84 bits per heavy atom. The van der Waals surface area contributed by atoms with E-state index < -0.39 is 5.82 Å². The Hall–Kier alpha value is -3.00. The van der Waals surface area contributed by atoms with Crippen molar-refractivity contribution in [3.05, 3.63) is 48.2 Å². The number of nitrogens with zero attached hydrogens (tertiary/aromatic N) is 4. The molecule has 7 nitrogen and oxygen atoms in total. The van der Waals surface area contributed by atoms with Crippen LogP contribution in [0.2, 0.25) is 0 Å². The molecule has 0 fully saturated rings. The second-order valence-electron chi connectivity index (χ2n) is 5.54. The van der Waals surface area contributed by atoms with Crippen molar-refractivity contribution in [3.63, 3.8) is 0 Å². The molecule has 3 rings (SSSR count). The molecule has 0 amide bonds. The number of rotatable bonds is 6. The van der Waals surface area contributed by atoms with Crippen molar-refractivity contribution in [1.29, 1.82) is 0 Å². The molecule has 2 heterocycles. The van der Waals surface area contributed by atoms with Gasteiger partial charge in [0.2, 0.25) is 5.95 Å². The smallest absolute Gasteiger partial charge is 0.227 e. The average molecular weight is 342 g/mol. The first-order valence-electron chi connectivity index (χ1n) is 7.79. The molecule has 0 aliphatic rings. The SMILES string of the molecule is Cc1cnc(Nc2cnn(C)c2)nc1-c1ccc(OCCN)c(F)c1. The van der Waals surface area contributed by atoms with Gasteiger partial charge in [0.1, 0.15) is 6.61 Å². The van der Waals surface area contributed by atoms with E-state index in [2.05, 4.69) is 20.4 Å². The van der Waals surface area contributed by atoms with Gasteiger partial charge >= 0.3 is 0 Å². The van der Waals surface area contributed by atoms with E-state index in [1.165, 1.54) is 6.07 Å². The Morgan fingerprint density at radius 2 is 2.16 bits per heavy atom. The number of aryl methyl sites for hydroxylation is 2. The minimum absolute atomic E-state index is 0.176. The molecule has 3 aromatic rings. The van der Waals surface area contributed by atoms with Crippen LogP contribution < -0.4 is 15.8 Å². The number of halogens is 1. The highest BCUT2D eigenvalue weighted by molar-refractivity contribution is 5.65. The molecular formula is C17H19FN6O. The second kappa shape index (κ2) is 7.27. The Bertz CT molecular complexity index is 879. The van der Waals surface area contributed by atoms with Crippen LogP contribution in [0.4, 0.5) is 16.0 Å². The lowest BCUT2D eigenvalue weighted by atomic mass is 10.1. The van der Waals surface area contributed by atoms with Gasteiger partial charge in [-0.1, -0.05) is 0 Å². The highest BCUT2D eigenvalue weighted by Crippen LogP contribution is 2.27. The molecule has 0 spiro atoms. The van der Waals surface area contributed by atoms with E-state index in [9.17, 15) is 4.39 Å². The second-order valence-corrected chi connectivity index (χ2v) is 5.54. The third kappa shape index (κ3) is 3.92. The van der Waals surface area contributed by atoms with Gasteiger partial charge in [-0.05, 0) is 30.7 Å². The standard InChI is InChI=1S/C17H19FN6O/c1-11-8-20-17(22-13-9-21-24(2)10-13)23-16(11)12-3-4-15(14(18)7-12)25-6-5-19/h3-4,7-10H,5-6,19H2,1-2H3,(H,20,22,23). The molecule has 25 heavy (non-hydrogen) atoms. The van der Waals surface area contributed by atoms with Crippen LogP contribution in [0, 0.1) is 12.7 Å². The fraction of sp³-hybridized carbons (Fsp3) is 0.235. The van der Waals surface area contributed by atoms with E-state index in [0.717, 1.165) is 11.3 Å². The highest BCUT2D eigenvalue weighted by Gasteiger charge is 2.11. The summed E-state index contributed by atoms with van der Waals surface area (Å²) < 4.78 is 21.1. The van der Waals surface area contributed by atoms with Gasteiger partial charge in [0.05, 0.1) is 17.6 Å². The molecule has 0 aliphatic heterocycles. The molecule has 0 saturated heterocycles. The average Bonchev–Trinajstić information content (AvgIpc) is 3.00. The van der Waals surface area contributed by atoms with Gasteiger partial charge in [0.25, 0.3) is 0 Å². The lowest BCUT2D eigenvalue weighted by molar-refractivity contribution is 0.311. The van der Waals surface area contributed by atoms with Crippen molar-refractivity contribution in [2.24, 2.45) is 12.8 Å². The first-order valence-corrected chi connectivity index (χ1v) is 7.79. The van der Waals surface area contributed by atoms with E-state index in [1.807, 2.05) is 20.2 Å². The number of aromatic nitrogens is 4. The van der Waals surface area contributed by atoms with E-state index >= 15 is 0 Å². The molecule has 0 atom stereocenters. The lowest BCUT2D eigenvalue weighted by Gasteiger charge is -2.10. The molecule has 130 valence electrons. The molecule has 0 bridgehead atoms. The summed E-state index contributed by atoms with van der Waals surface area (Å²) in [5.74, 6) is 0.137. The monoisotopic (exact) mass is 342 g/mol. The zero-order valence-corrected chi connectivity index (χ0v) is 14.0. The van der Waals surface area contributed by atoms with Crippen molar-refractivity contribution >= 4 is 11.6 Å². The highest BCUT2D eigenvalue weighted by atomic mass is 19.1. The zero-order valence-electron chi connectivity index (χ0n) is 14.0. The third-order valence-electron chi connectivity index (χ3n) is 3.51. The first-order chi connectivity index (χ1) is 12.1. The number of nitrogens with one attached hydrogen (secondary N) is 1. The lowest BCUT2D eigenvalue weighted by Crippen LogP contribution is -2.11. The van der Waals surface area contributed by atoms with Crippen LogP contribution in [0.1, 0.15) is 5.56 Å². The molecular weight excluding hydrogens is 323 g/mol. The fourth-order valence-electron chi connectivity index (χ4n) is 2.34. The minimum atomic E-state index is -0.453. The van der Waals surface area contributed by atoms with Gasteiger partial charge in [0.15, 0.2) is 11.6 Å². The van der Waals surface area contributed by atoms with Crippen LogP contribution >= 0.6 is 0 Å². The van der Waals surface area contributed by atoms with Gasteiger partial charge in [-0.3, -0.25) is 4.68 Å². The van der Waals surface area contributed by atoms with Crippen LogP contribution in [-0.2, 0) is 7.05 Å². The predicted molar refractivity (Wildman–Crippen MR) is 93.2 cm³/mol. The topological polar surface area (TPSA) is 90.9 Å². The minimum Gasteiger partial charge on any atom is -0.489 e. The van der Waals surface area contributed by atoms with Crippen molar-refractivity contribution in [2.45, 2.75) is 6.92 Å². The van der Waals surface area contributed by atoms with Crippen LogP contribution in [0.5, 0.6) is 5.75 Å². The first kappa shape index (κ1) is 16.8. The number of nitrogens with two attached hydrogens (primary N) is 1.